The predicted octanol–water partition coefficient (Wildman–Crippen LogP) is 5.25. The van der Waals surface area contributed by atoms with Crippen molar-refractivity contribution in [2.75, 3.05) is 6.54 Å². The molecular formula is C32H50N4O2. The number of carbonyl (C=O) groups excluding carboxylic acids is 2. The first kappa shape index (κ1) is 31.5. The molecule has 6 nitrogen and oxygen atoms in total. The Morgan fingerprint density at radius 3 is 2.03 bits per heavy atom. The molecule has 210 valence electrons. The van der Waals surface area contributed by atoms with Crippen LogP contribution < -0.4 is 16.0 Å². The second-order valence-electron chi connectivity index (χ2n) is 13.1. The molecule has 1 heterocycles. The average Bonchev–Trinajstić information content (AvgIpc) is 2.81. The lowest BCUT2D eigenvalue weighted by Crippen LogP contribution is -2.56. The van der Waals surface area contributed by atoms with Crippen molar-refractivity contribution in [1.29, 1.82) is 0 Å². The Hall–Kier alpha value is -2.73. The van der Waals surface area contributed by atoms with Gasteiger partial charge in [0, 0.05) is 24.4 Å². The third kappa shape index (κ3) is 12.7. The summed E-state index contributed by atoms with van der Waals surface area (Å²) < 4.78 is 0. The molecule has 0 bridgehead atoms. The van der Waals surface area contributed by atoms with Crippen LogP contribution in [0.1, 0.15) is 84.9 Å². The van der Waals surface area contributed by atoms with Crippen LogP contribution in [0.3, 0.4) is 0 Å². The van der Waals surface area contributed by atoms with Crippen LogP contribution in [0.4, 0.5) is 0 Å². The Kier molecular flexibility index (Phi) is 12.0. The highest BCUT2D eigenvalue weighted by Gasteiger charge is 2.28. The molecule has 0 aliphatic rings. The summed E-state index contributed by atoms with van der Waals surface area (Å²) in [6.07, 6.45) is 7.55. The molecule has 0 saturated carbocycles. The first-order chi connectivity index (χ1) is 17.7. The molecule has 0 saturated heterocycles. The number of rotatable bonds is 13. The zero-order chi connectivity index (χ0) is 28.3. The van der Waals surface area contributed by atoms with Crippen LogP contribution in [0, 0.1) is 11.3 Å². The first-order valence-electron chi connectivity index (χ1n) is 14.0. The number of aryl methyl sites for hydroxylation is 1. The molecule has 2 atom stereocenters. The van der Waals surface area contributed by atoms with E-state index >= 15 is 0 Å². The predicted molar refractivity (Wildman–Crippen MR) is 157 cm³/mol. The second kappa shape index (κ2) is 14.4. The SMILES string of the molecule is CC(C)CCNC(Cc1cccnc1)C(=O)NC(Cc1ccc(CCC(C)(C)C)cc1)C(=O)NC(C)(C)C. The minimum Gasteiger partial charge on any atom is -0.350 e. The van der Waals surface area contributed by atoms with Gasteiger partial charge in [0.25, 0.3) is 0 Å². The lowest BCUT2D eigenvalue weighted by molar-refractivity contribution is -0.130. The van der Waals surface area contributed by atoms with E-state index in [0.717, 1.165) is 36.9 Å². The van der Waals surface area contributed by atoms with Crippen molar-refractivity contribution in [1.82, 2.24) is 20.9 Å². The number of pyridine rings is 1. The van der Waals surface area contributed by atoms with Gasteiger partial charge in [0.1, 0.15) is 6.04 Å². The first-order valence-corrected chi connectivity index (χ1v) is 14.0. The van der Waals surface area contributed by atoms with Crippen LogP contribution in [0.25, 0.3) is 0 Å². The Morgan fingerprint density at radius 2 is 1.47 bits per heavy atom. The molecule has 38 heavy (non-hydrogen) atoms. The Morgan fingerprint density at radius 1 is 0.842 bits per heavy atom. The van der Waals surface area contributed by atoms with Crippen LogP contribution >= 0.6 is 0 Å². The summed E-state index contributed by atoms with van der Waals surface area (Å²) in [4.78, 5) is 31.1. The molecular weight excluding hydrogens is 472 g/mol. The number of amides is 2. The third-order valence-electron chi connectivity index (χ3n) is 6.35. The molecule has 6 heteroatoms. The fourth-order valence-electron chi connectivity index (χ4n) is 4.09. The van der Waals surface area contributed by atoms with E-state index in [0.29, 0.717) is 18.8 Å². The monoisotopic (exact) mass is 522 g/mol. The lowest BCUT2D eigenvalue weighted by atomic mass is 9.88. The van der Waals surface area contributed by atoms with Crippen molar-refractivity contribution in [3.63, 3.8) is 0 Å². The van der Waals surface area contributed by atoms with Gasteiger partial charge in [-0.25, -0.2) is 0 Å². The fraction of sp³-hybridized carbons (Fsp3) is 0.594. The Balaban J connectivity index is 2.18. The van der Waals surface area contributed by atoms with E-state index < -0.39 is 17.6 Å². The van der Waals surface area contributed by atoms with E-state index in [1.54, 1.807) is 12.4 Å². The van der Waals surface area contributed by atoms with E-state index in [-0.39, 0.29) is 17.2 Å². The summed E-state index contributed by atoms with van der Waals surface area (Å²) in [6, 6.07) is 11.2. The molecule has 0 spiro atoms. The molecule has 2 amide bonds. The van der Waals surface area contributed by atoms with Crippen LogP contribution in [0.15, 0.2) is 48.8 Å². The molecule has 2 aromatic rings. The number of aromatic nitrogens is 1. The van der Waals surface area contributed by atoms with Crippen molar-refractivity contribution in [2.24, 2.45) is 11.3 Å². The lowest BCUT2D eigenvalue weighted by Gasteiger charge is -2.27. The highest BCUT2D eigenvalue weighted by Crippen LogP contribution is 2.21. The molecule has 2 unspecified atom stereocenters. The van der Waals surface area contributed by atoms with Gasteiger partial charge in [-0.1, -0.05) is 65.0 Å². The highest BCUT2D eigenvalue weighted by atomic mass is 16.2. The Labute approximate surface area is 230 Å². The second-order valence-corrected chi connectivity index (χ2v) is 13.1. The maximum atomic E-state index is 13.6. The maximum absolute atomic E-state index is 13.6. The normalized spacial score (nSPS) is 13.7. The van der Waals surface area contributed by atoms with Gasteiger partial charge in [-0.15, -0.1) is 0 Å². The van der Waals surface area contributed by atoms with Crippen molar-refractivity contribution in [3.05, 3.63) is 65.5 Å². The molecule has 1 aromatic heterocycles. The summed E-state index contributed by atoms with van der Waals surface area (Å²) >= 11 is 0. The Bertz CT molecular complexity index is 989. The van der Waals surface area contributed by atoms with E-state index in [2.05, 4.69) is 79.8 Å². The van der Waals surface area contributed by atoms with E-state index in [1.165, 1.54) is 5.56 Å². The highest BCUT2D eigenvalue weighted by molar-refractivity contribution is 5.90. The molecule has 0 fully saturated rings. The summed E-state index contributed by atoms with van der Waals surface area (Å²) in [5, 5.41) is 9.55. The zero-order valence-corrected chi connectivity index (χ0v) is 24.9. The third-order valence-corrected chi connectivity index (χ3v) is 6.35. The smallest absolute Gasteiger partial charge is 0.243 e. The topological polar surface area (TPSA) is 83.1 Å². The summed E-state index contributed by atoms with van der Waals surface area (Å²) in [6.45, 7) is 17.7. The van der Waals surface area contributed by atoms with E-state index in [1.807, 2.05) is 32.9 Å². The quantitative estimate of drug-likeness (QED) is 0.336. The molecule has 0 radical (unpaired) electrons. The molecule has 0 aliphatic carbocycles. The number of benzene rings is 1. The van der Waals surface area contributed by atoms with Gasteiger partial charge in [-0.05, 0) is 87.1 Å². The fourth-order valence-corrected chi connectivity index (χ4v) is 4.09. The van der Waals surface area contributed by atoms with Gasteiger partial charge in [-0.3, -0.25) is 14.6 Å². The van der Waals surface area contributed by atoms with Crippen LogP contribution in [-0.4, -0.2) is 41.0 Å². The van der Waals surface area contributed by atoms with E-state index in [9.17, 15) is 9.59 Å². The summed E-state index contributed by atoms with van der Waals surface area (Å²) in [5.41, 5.74) is 3.17. The van der Waals surface area contributed by atoms with Gasteiger partial charge in [-0.2, -0.15) is 0 Å². The van der Waals surface area contributed by atoms with Gasteiger partial charge >= 0.3 is 0 Å². The standard InChI is InChI=1S/C32H50N4O2/c1-23(2)16-19-34-27(21-26-10-9-18-33-22-26)29(37)35-28(30(38)36-32(6,7)8)20-25-13-11-24(12-14-25)15-17-31(3,4)5/h9-14,18,22-23,27-28,34H,15-17,19-21H2,1-8H3,(H,35,37)(H,36,38). The molecule has 2 rings (SSSR count). The largest absolute Gasteiger partial charge is 0.350 e. The van der Waals surface area contributed by atoms with E-state index in [4.69, 9.17) is 0 Å². The van der Waals surface area contributed by atoms with Crippen LogP contribution in [-0.2, 0) is 28.9 Å². The number of carbonyl (C=O) groups is 2. The van der Waals surface area contributed by atoms with Gasteiger partial charge in [0.05, 0.1) is 6.04 Å². The average molecular weight is 523 g/mol. The number of hydrogen-bond donors (Lipinski definition) is 3. The minimum absolute atomic E-state index is 0.173. The summed E-state index contributed by atoms with van der Waals surface area (Å²) in [7, 11) is 0. The van der Waals surface area contributed by atoms with Crippen molar-refractivity contribution in [3.8, 4) is 0 Å². The van der Waals surface area contributed by atoms with Crippen molar-refractivity contribution >= 4 is 11.8 Å². The van der Waals surface area contributed by atoms with Crippen LogP contribution in [0.2, 0.25) is 0 Å². The number of nitrogens with zero attached hydrogens (tertiary/aromatic N) is 1. The maximum Gasteiger partial charge on any atom is 0.243 e. The zero-order valence-electron chi connectivity index (χ0n) is 24.9. The van der Waals surface area contributed by atoms with Crippen molar-refractivity contribution < 1.29 is 9.59 Å². The summed E-state index contributed by atoms with van der Waals surface area (Å²) in [5.74, 6) is 0.180. The molecule has 3 N–H and O–H groups in total. The van der Waals surface area contributed by atoms with Gasteiger partial charge in [0.2, 0.25) is 11.8 Å². The molecule has 0 aliphatic heterocycles. The number of hydrogen-bond acceptors (Lipinski definition) is 4. The minimum atomic E-state index is -0.676. The van der Waals surface area contributed by atoms with Gasteiger partial charge in [0.15, 0.2) is 0 Å². The van der Waals surface area contributed by atoms with Crippen LogP contribution in [0.5, 0.6) is 0 Å². The molecule has 1 aromatic carbocycles. The van der Waals surface area contributed by atoms with Crippen molar-refractivity contribution in [2.45, 2.75) is 105 Å². The van der Waals surface area contributed by atoms with Gasteiger partial charge < -0.3 is 16.0 Å². The number of nitrogens with one attached hydrogen (secondary N) is 3.